The number of benzene rings is 1. The van der Waals surface area contributed by atoms with E-state index in [4.69, 9.17) is 4.42 Å². The fourth-order valence-electron chi connectivity index (χ4n) is 4.05. The molecule has 0 N–H and O–H groups in total. The van der Waals surface area contributed by atoms with Crippen molar-refractivity contribution in [1.29, 1.82) is 0 Å². The zero-order valence-corrected chi connectivity index (χ0v) is 19.3. The molecule has 3 aromatic rings. The zero-order valence-electron chi connectivity index (χ0n) is 17.7. The standard InChI is InChI=1S/C21H22FN5O4S2/c22-16-5-1-2-6-17(16)25-9-11-27(12-10-25)33(29,30)18-13-15(14-32-18)19-23-24-20(31-19)21(28)26-7-3-4-8-26/h1-2,5-6,13-14H,3-4,7-12H2. The van der Waals surface area contributed by atoms with E-state index in [0.717, 1.165) is 24.2 Å². The summed E-state index contributed by atoms with van der Waals surface area (Å²) in [7, 11) is -3.72. The Morgan fingerprint density at radius 2 is 1.76 bits per heavy atom. The van der Waals surface area contributed by atoms with Crippen LogP contribution in [0.25, 0.3) is 11.5 Å². The number of para-hydroxylation sites is 1. The predicted molar refractivity (Wildman–Crippen MR) is 120 cm³/mol. The van der Waals surface area contributed by atoms with Crippen molar-refractivity contribution in [3.8, 4) is 11.5 Å². The molecule has 5 rings (SSSR count). The monoisotopic (exact) mass is 491 g/mol. The summed E-state index contributed by atoms with van der Waals surface area (Å²) in [6, 6.07) is 7.96. The Labute approximate surface area is 194 Å². The van der Waals surface area contributed by atoms with Gasteiger partial charge in [-0.05, 0) is 31.0 Å². The van der Waals surface area contributed by atoms with Gasteiger partial charge >= 0.3 is 11.8 Å². The summed E-state index contributed by atoms with van der Waals surface area (Å²) in [6.07, 6.45) is 1.90. The van der Waals surface area contributed by atoms with Crippen LogP contribution in [-0.4, -0.2) is 73.0 Å². The van der Waals surface area contributed by atoms with Crippen molar-refractivity contribution in [3.63, 3.8) is 0 Å². The predicted octanol–water partition coefficient (Wildman–Crippen LogP) is 2.68. The molecule has 0 bridgehead atoms. The van der Waals surface area contributed by atoms with E-state index in [-0.39, 0.29) is 40.8 Å². The molecule has 2 aliphatic rings. The van der Waals surface area contributed by atoms with Gasteiger partial charge in [0.1, 0.15) is 10.0 Å². The molecule has 2 aromatic heterocycles. The summed E-state index contributed by atoms with van der Waals surface area (Å²) in [5.41, 5.74) is 0.931. The number of carbonyl (C=O) groups is 1. The van der Waals surface area contributed by atoms with Gasteiger partial charge in [0.05, 0.1) is 11.3 Å². The van der Waals surface area contributed by atoms with E-state index in [1.807, 2.05) is 4.90 Å². The maximum absolute atomic E-state index is 14.1. The molecule has 12 heteroatoms. The maximum atomic E-state index is 14.1. The molecule has 0 atom stereocenters. The summed E-state index contributed by atoms with van der Waals surface area (Å²) >= 11 is 1.06. The lowest BCUT2D eigenvalue weighted by atomic mass is 10.2. The molecule has 0 aliphatic carbocycles. The molecule has 2 saturated heterocycles. The topological polar surface area (TPSA) is 99.8 Å². The van der Waals surface area contributed by atoms with Crippen molar-refractivity contribution in [3.05, 3.63) is 47.4 Å². The van der Waals surface area contributed by atoms with Gasteiger partial charge in [-0.3, -0.25) is 4.79 Å². The number of amides is 1. The second-order valence-corrected chi connectivity index (χ2v) is 11.0. The number of halogens is 1. The van der Waals surface area contributed by atoms with Crippen LogP contribution < -0.4 is 4.90 Å². The molecule has 1 aromatic carbocycles. The summed E-state index contributed by atoms with van der Waals surface area (Å²) < 4.78 is 47.4. The Bertz CT molecular complexity index is 1260. The first-order valence-corrected chi connectivity index (χ1v) is 13.0. The average Bonchev–Trinajstić information content (AvgIpc) is 3.60. The third-order valence-electron chi connectivity index (χ3n) is 5.85. The first-order chi connectivity index (χ1) is 15.9. The molecule has 1 amide bonds. The Morgan fingerprint density at radius 3 is 2.48 bits per heavy atom. The number of likely N-dealkylation sites (tertiary alicyclic amines) is 1. The van der Waals surface area contributed by atoms with Gasteiger partial charge in [0, 0.05) is 44.6 Å². The van der Waals surface area contributed by atoms with Crippen LogP contribution in [0.1, 0.15) is 23.5 Å². The summed E-state index contributed by atoms with van der Waals surface area (Å²) in [4.78, 5) is 15.9. The van der Waals surface area contributed by atoms with E-state index in [9.17, 15) is 17.6 Å². The molecule has 9 nitrogen and oxygen atoms in total. The molecule has 2 aliphatic heterocycles. The van der Waals surface area contributed by atoms with Crippen molar-refractivity contribution < 1.29 is 22.0 Å². The second-order valence-electron chi connectivity index (χ2n) is 7.91. The summed E-state index contributed by atoms with van der Waals surface area (Å²) in [6.45, 7) is 2.62. The Morgan fingerprint density at radius 1 is 1.03 bits per heavy atom. The highest BCUT2D eigenvalue weighted by molar-refractivity contribution is 7.91. The average molecular weight is 492 g/mol. The molecule has 0 radical (unpaired) electrons. The Balaban J connectivity index is 1.28. The van der Waals surface area contributed by atoms with E-state index >= 15 is 0 Å². The number of aromatic nitrogens is 2. The quantitative estimate of drug-likeness (QED) is 0.541. The molecule has 0 saturated carbocycles. The van der Waals surface area contributed by atoms with Gasteiger partial charge in [-0.2, -0.15) is 4.31 Å². The highest BCUT2D eigenvalue weighted by atomic mass is 32.2. The molecular formula is C21H22FN5O4S2. The highest BCUT2D eigenvalue weighted by Crippen LogP contribution is 2.31. The fraction of sp³-hybridized carbons (Fsp3) is 0.381. The number of anilines is 1. The lowest BCUT2D eigenvalue weighted by Gasteiger charge is -2.35. The molecule has 2 fully saturated rings. The molecular weight excluding hydrogens is 469 g/mol. The van der Waals surface area contributed by atoms with Crippen LogP contribution in [0.4, 0.5) is 10.1 Å². The first-order valence-electron chi connectivity index (χ1n) is 10.6. The third-order valence-corrected chi connectivity index (χ3v) is 9.16. The van der Waals surface area contributed by atoms with Crippen molar-refractivity contribution in [2.24, 2.45) is 0 Å². The largest absolute Gasteiger partial charge is 0.412 e. The summed E-state index contributed by atoms with van der Waals surface area (Å²) in [5.74, 6) is -0.604. The highest BCUT2D eigenvalue weighted by Gasteiger charge is 2.31. The lowest BCUT2D eigenvalue weighted by Crippen LogP contribution is -2.48. The molecule has 174 valence electrons. The van der Waals surface area contributed by atoms with Gasteiger partial charge in [0.2, 0.25) is 5.89 Å². The van der Waals surface area contributed by atoms with Crippen molar-refractivity contribution >= 4 is 33.0 Å². The number of hydrogen-bond donors (Lipinski definition) is 0. The van der Waals surface area contributed by atoms with Gasteiger partial charge in [-0.25, -0.2) is 12.8 Å². The number of rotatable bonds is 5. The molecule has 4 heterocycles. The smallest absolute Gasteiger partial charge is 0.311 e. The van der Waals surface area contributed by atoms with Crippen molar-refractivity contribution in [2.75, 3.05) is 44.2 Å². The van der Waals surface area contributed by atoms with Crippen LogP contribution in [0.3, 0.4) is 0 Å². The van der Waals surface area contributed by atoms with Gasteiger partial charge in [0.15, 0.2) is 0 Å². The van der Waals surface area contributed by atoms with Crippen LogP contribution in [0.5, 0.6) is 0 Å². The minimum atomic E-state index is -3.72. The van der Waals surface area contributed by atoms with Crippen LogP contribution >= 0.6 is 11.3 Å². The number of hydrogen-bond acceptors (Lipinski definition) is 8. The van der Waals surface area contributed by atoms with Gasteiger partial charge in [-0.1, -0.05) is 12.1 Å². The minimum absolute atomic E-state index is 0.0910. The molecule has 0 unspecified atom stereocenters. The number of thiophene rings is 1. The number of carbonyl (C=O) groups excluding carboxylic acids is 1. The van der Waals surface area contributed by atoms with E-state index in [1.165, 1.54) is 16.4 Å². The number of piperazine rings is 1. The zero-order chi connectivity index (χ0) is 23.0. The maximum Gasteiger partial charge on any atom is 0.311 e. The van der Waals surface area contributed by atoms with Crippen LogP contribution in [0, 0.1) is 5.82 Å². The normalized spacial score (nSPS) is 17.6. The van der Waals surface area contributed by atoms with E-state index in [2.05, 4.69) is 10.2 Å². The third kappa shape index (κ3) is 4.25. The SMILES string of the molecule is O=C(c1nnc(-c2csc(S(=O)(=O)N3CCN(c4ccccc4F)CC3)c2)o1)N1CCCC1. The molecule has 33 heavy (non-hydrogen) atoms. The second kappa shape index (κ2) is 8.84. The first kappa shape index (κ1) is 22.0. The van der Waals surface area contributed by atoms with Gasteiger partial charge < -0.3 is 14.2 Å². The Hall–Kier alpha value is -2.83. The van der Waals surface area contributed by atoms with Crippen LogP contribution in [0.2, 0.25) is 0 Å². The van der Waals surface area contributed by atoms with E-state index in [1.54, 1.807) is 28.5 Å². The number of sulfonamides is 1. The van der Waals surface area contributed by atoms with Crippen molar-refractivity contribution in [2.45, 2.75) is 17.1 Å². The van der Waals surface area contributed by atoms with Crippen molar-refractivity contribution in [1.82, 2.24) is 19.4 Å². The van der Waals surface area contributed by atoms with Gasteiger partial charge in [-0.15, -0.1) is 21.5 Å². The number of nitrogens with zero attached hydrogens (tertiary/aromatic N) is 5. The molecule has 0 spiro atoms. The minimum Gasteiger partial charge on any atom is -0.412 e. The van der Waals surface area contributed by atoms with Crippen LogP contribution in [-0.2, 0) is 10.0 Å². The van der Waals surface area contributed by atoms with Gasteiger partial charge in [0.25, 0.3) is 10.0 Å². The fourth-order valence-corrected chi connectivity index (χ4v) is 6.78. The van der Waals surface area contributed by atoms with Crippen LogP contribution in [0.15, 0.2) is 44.3 Å². The lowest BCUT2D eigenvalue weighted by molar-refractivity contribution is 0.0754. The Kier molecular flexibility index (Phi) is 5.89. The van der Waals surface area contributed by atoms with E-state index in [0.29, 0.717) is 37.4 Å². The van der Waals surface area contributed by atoms with E-state index < -0.39 is 10.0 Å². The summed E-state index contributed by atoms with van der Waals surface area (Å²) in [5, 5.41) is 9.40.